The highest BCUT2D eigenvalue weighted by molar-refractivity contribution is 8.26. The Kier molecular flexibility index (Phi) is 11.0. The number of thioether (sulfide) groups is 1. The zero-order chi connectivity index (χ0) is 27.8. The molecule has 0 unspecified atom stereocenters. The topological polar surface area (TPSA) is 95.6 Å². The average molecular weight is 559 g/mol. The molecule has 3 rings (SSSR count). The summed E-state index contributed by atoms with van der Waals surface area (Å²) >= 11 is 6.81. The average Bonchev–Trinajstić information content (AvgIpc) is 3.17. The Balaban J connectivity index is 1.96. The van der Waals surface area contributed by atoms with E-state index in [4.69, 9.17) is 17.0 Å². The number of thiocarbonyl (C=S) groups is 1. The minimum atomic E-state index is -0.341. The molecular formula is C28H38N4O4S2. The molecule has 3 heterocycles. The van der Waals surface area contributed by atoms with E-state index in [0.717, 1.165) is 25.7 Å². The van der Waals surface area contributed by atoms with Crippen LogP contribution in [0.3, 0.4) is 0 Å². The summed E-state index contributed by atoms with van der Waals surface area (Å²) in [5.74, 6) is 0.190. The lowest BCUT2D eigenvalue weighted by Crippen LogP contribution is -2.41. The normalized spacial score (nSPS) is 17.4. The van der Waals surface area contributed by atoms with Gasteiger partial charge in [-0.25, -0.2) is 0 Å². The zero-order valence-corrected chi connectivity index (χ0v) is 24.5. The maximum Gasteiger partial charge on any atom is 0.309 e. The van der Waals surface area contributed by atoms with Crippen molar-refractivity contribution in [2.24, 2.45) is 5.92 Å². The molecule has 0 N–H and O–H groups in total. The van der Waals surface area contributed by atoms with Crippen LogP contribution in [0.1, 0.15) is 82.4 Å². The van der Waals surface area contributed by atoms with E-state index in [9.17, 15) is 19.6 Å². The molecule has 0 aromatic carbocycles. The third kappa shape index (κ3) is 6.49. The van der Waals surface area contributed by atoms with Gasteiger partial charge in [0.05, 0.1) is 17.4 Å². The largest absolute Gasteiger partial charge is 0.466 e. The number of nitriles is 1. The smallest absolute Gasteiger partial charge is 0.309 e. The first kappa shape index (κ1) is 29.9. The fourth-order valence-electron chi connectivity index (χ4n) is 5.06. The molecule has 206 valence electrons. The Labute approximate surface area is 235 Å². The Morgan fingerprint density at radius 3 is 2.45 bits per heavy atom. The van der Waals surface area contributed by atoms with E-state index in [-0.39, 0.29) is 28.9 Å². The third-order valence-electron chi connectivity index (χ3n) is 7.21. The molecule has 0 aliphatic carbocycles. The molecule has 10 heteroatoms. The molecule has 0 atom stereocenters. The second-order valence-corrected chi connectivity index (χ2v) is 11.3. The van der Waals surface area contributed by atoms with Gasteiger partial charge in [-0.2, -0.15) is 5.26 Å². The second kappa shape index (κ2) is 13.9. The number of hydrogen-bond acceptors (Lipinski definition) is 8. The standard InChI is InChI=1S/C28H38N4O4S2/c1-5-8-9-10-11-14-32-26(34)23(38-28(32)37)17-21-19(4)22(18-29)25(33)31(6-2)24(21)30-15-12-20(13-16-30)27(35)36-7-3/h17,20H,5-16H2,1-4H3/b23-17-. The van der Waals surface area contributed by atoms with Crippen molar-refractivity contribution in [1.29, 1.82) is 5.26 Å². The van der Waals surface area contributed by atoms with Crippen molar-refractivity contribution in [3.63, 3.8) is 0 Å². The number of hydrogen-bond donors (Lipinski definition) is 0. The van der Waals surface area contributed by atoms with Crippen LogP contribution in [0, 0.1) is 24.2 Å². The Bertz CT molecular complexity index is 1190. The minimum absolute atomic E-state index is 0.0784. The second-order valence-electron chi connectivity index (χ2n) is 9.66. The van der Waals surface area contributed by atoms with Crippen LogP contribution < -0.4 is 10.5 Å². The highest BCUT2D eigenvalue weighted by Crippen LogP contribution is 2.37. The quantitative estimate of drug-likeness (QED) is 0.162. The van der Waals surface area contributed by atoms with Crippen LogP contribution in [0.15, 0.2) is 9.70 Å². The molecule has 2 saturated heterocycles. The minimum Gasteiger partial charge on any atom is -0.466 e. The third-order valence-corrected chi connectivity index (χ3v) is 8.59. The van der Waals surface area contributed by atoms with Crippen LogP contribution in [0.25, 0.3) is 6.08 Å². The van der Waals surface area contributed by atoms with Crippen LogP contribution in [-0.4, -0.2) is 51.9 Å². The molecule has 0 spiro atoms. The van der Waals surface area contributed by atoms with Gasteiger partial charge in [0.2, 0.25) is 0 Å². The van der Waals surface area contributed by atoms with Crippen molar-refractivity contribution >= 4 is 52.1 Å². The van der Waals surface area contributed by atoms with Crippen molar-refractivity contribution in [1.82, 2.24) is 9.47 Å². The van der Waals surface area contributed by atoms with Gasteiger partial charge in [0, 0.05) is 31.7 Å². The van der Waals surface area contributed by atoms with Gasteiger partial charge in [0.1, 0.15) is 21.8 Å². The molecule has 38 heavy (non-hydrogen) atoms. The van der Waals surface area contributed by atoms with Gasteiger partial charge in [0.15, 0.2) is 0 Å². The van der Waals surface area contributed by atoms with E-state index in [2.05, 4.69) is 17.9 Å². The van der Waals surface area contributed by atoms with Gasteiger partial charge in [0.25, 0.3) is 11.5 Å². The lowest BCUT2D eigenvalue weighted by molar-refractivity contribution is -0.148. The number of carbonyl (C=O) groups excluding carboxylic acids is 2. The lowest BCUT2D eigenvalue weighted by Gasteiger charge is -2.35. The van der Waals surface area contributed by atoms with Crippen molar-refractivity contribution in [3.05, 3.63) is 31.9 Å². The number of esters is 1. The van der Waals surface area contributed by atoms with Crippen molar-refractivity contribution in [2.45, 2.75) is 79.2 Å². The van der Waals surface area contributed by atoms with Crippen LogP contribution in [0.5, 0.6) is 0 Å². The fraction of sp³-hybridized carbons (Fsp3) is 0.607. The molecule has 1 aromatic rings. The first-order chi connectivity index (χ1) is 18.3. The summed E-state index contributed by atoms with van der Waals surface area (Å²) in [6, 6.07) is 2.07. The molecule has 2 fully saturated rings. The monoisotopic (exact) mass is 558 g/mol. The van der Waals surface area contributed by atoms with E-state index in [1.807, 2.05) is 6.92 Å². The Morgan fingerprint density at radius 2 is 1.84 bits per heavy atom. The van der Waals surface area contributed by atoms with Crippen LogP contribution in [0.4, 0.5) is 5.82 Å². The van der Waals surface area contributed by atoms with E-state index in [1.54, 1.807) is 29.4 Å². The van der Waals surface area contributed by atoms with Crippen LogP contribution in [0.2, 0.25) is 0 Å². The molecule has 8 nitrogen and oxygen atoms in total. The van der Waals surface area contributed by atoms with Crippen molar-refractivity contribution < 1.29 is 14.3 Å². The van der Waals surface area contributed by atoms with E-state index in [1.165, 1.54) is 18.2 Å². The number of unbranched alkanes of at least 4 members (excludes halogenated alkanes) is 4. The first-order valence-corrected chi connectivity index (χ1v) is 14.9. The Morgan fingerprint density at radius 1 is 1.16 bits per heavy atom. The number of anilines is 1. The molecule has 2 aliphatic rings. The number of rotatable bonds is 11. The Hall–Kier alpha value is -2.64. The maximum absolute atomic E-state index is 13.3. The summed E-state index contributed by atoms with van der Waals surface area (Å²) in [7, 11) is 0. The van der Waals surface area contributed by atoms with Gasteiger partial charge in [-0.15, -0.1) is 0 Å². The summed E-state index contributed by atoms with van der Waals surface area (Å²) in [5, 5.41) is 9.80. The summed E-state index contributed by atoms with van der Waals surface area (Å²) in [6.07, 6.45) is 8.46. The fourth-order valence-corrected chi connectivity index (χ4v) is 6.35. The van der Waals surface area contributed by atoms with Crippen molar-refractivity contribution in [3.8, 4) is 6.07 Å². The highest BCUT2D eigenvalue weighted by Gasteiger charge is 2.34. The van der Waals surface area contributed by atoms with Crippen LogP contribution in [-0.2, 0) is 20.9 Å². The highest BCUT2D eigenvalue weighted by atomic mass is 32.2. The van der Waals surface area contributed by atoms with Gasteiger partial charge in [-0.3, -0.25) is 23.9 Å². The molecule has 0 saturated carbocycles. The molecule has 0 bridgehead atoms. The zero-order valence-electron chi connectivity index (χ0n) is 22.9. The van der Waals surface area contributed by atoms with Crippen LogP contribution >= 0.6 is 24.0 Å². The number of aromatic nitrogens is 1. The maximum atomic E-state index is 13.3. The number of pyridine rings is 1. The number of nitrogens with zero attached hydrogens (tertiary/aromatic N) is 4. The van der Waals surface area contributed by atoms with Crippen molar-refractivity contribution in [2.75, 3.05) is 31.1 Å². The molecule has 1 amide bonds. The van der Waals surface area contributed by atoms with Gasteiger partial charge in [-0.1, -0.05) is 56.6 Å². The van der Waals surface area contributed by atoms with E-state index >= 15 is 0 Å². The summed E-state index contributed by atoms with van der Waals surface area (Å²) < 4.78 is 7.36. The van der Waals surface area contributed by atoms with E-state index in [0.29, 0.717) is 71.8 Å². The van der Waals surface area contributed by atoms with E-state index < -0.39 is 0 Å². The number of piperidine rings is 1. The summed E-state index contributed by atoms with van der Waals surface area (Å²) in [5.41, 5.74) is 0.969. The molecule has 1 aromatic heterocycles. The number of carbonyl (C=O) groups is 2. The number of amides is 1. The number of ether oxygens (including phenoxy) is 1. The molecule has 2 aliphatic heterocycles. The summed E-state index contributed by atoms with van der Waals surface area (Å²) in [4.78, 5) is 43.1. The van der Waals surface area contributed by atoms with Gasteiger partial charge < -0.3 is 9.64 Å². The SMILES string of the molecule is CCCCCCCN1C(=O)/C(=C/c2c(C)c(C#N)c(=O)n(CC)c2N2CCC(C(=O)OCC)CC2)SC1=S. The van der Waals surface area contributed by atoms with Gasteiger partial charge in [-0.05, 0) is 51.7 Å². The molecular weight excluding hydrogens is 520 g/mol. The molecule has 0 radical (unpaired) electrons. The predicted molar refractivity (Wildman–Crippen MR) is 156 cm³/mol. The van der Waals surface area contributed by atoms with Gasteiger partial charge >= 0.3 is 5.97 Å². The predicted octanol–water partition coefficient (Wildman–Crippen LogP) is 5.00. The lowest BCUT2D eigenvalue weighted by atomic mass is 9.95. The first-order valence-electron chi connectivity index (χ1n) is 13.6. The summed E-state index contributed by atoms with van der Waals surface area (Å²) in [6.45, 7) is 10.0.